The first-order chi connectivity index (χ1) is 16.0. The normalized spacial score (nSPS) is 15.8. The van der Waals surface area contributed by atoms with Crippen molar-refractivity contribution < 1.29 is 9.59 Å². The zero-order valence-corrected chi connectivity index (χ0v) is 19.4. The van der Waals surface area contributed by atoms with Crippen molar-refractivity contribution in [3.63, 3.8) is 0 Å². The van der Waals surface area contributed by atoms with E-state index in [0.29, 0.717) is 11.3 Å². The number of benzene rings is 4. The number of hydrogen-bond acceptors (Lipinski definition) is 3. The number of amides is 2. The molecule has 1 atom stereocenters. The lowest BCUT2D eigenvalue weighted by molar-refractivity contribution is -0.115. The van der Waals surface area contributed by atoms with Gasteiger partial charge in [-0.2, -0.15) is 0 Å². The third-order valence-electron chi connectivity index (χ3n) is 5.95. The number of anilines is 2. The predicted octanol–water partition coefficient (Wildman–Crippen LogP) is 6.49. The van der Waals surface area contributed by atoms with Crippen LogP contribution in [0.4, 0.5) is 11.4 Å². The lowest BCUT2D eigenvalue weighted by atomic mass is 10.1. The van der Waals surface area contributed by atoms with Crippen LogP contribution in [-0.4, -0.2) is 17.6 Å². The van der Waals surface area contributed by atoms with Crippen molar-refractivity contribution >= 4 is 45.7 Å². The molecule has 33 heavy (non-hydrogen) atoms. The minimum atomic E-state index is -0.143. The van der Waals surface area contributed by atoms with Crippen LogP contribution in [0.5, 0.6) is 0 Å². The number of thioether (sulfide) groups is 1. The molecule has 0 spiro atoms. The second-order valence-electron chi connectivity index (χ2n) is 8.36. The molecule has 0 aliphatic carbocycles. The smallest absolute Gasteiger partial charge is 0.255 e. The molecule has 0 saturated carbocycles. The van der Waals surface area contributed by atoms with Gasteiger partial charge in [-0.1, -0.05) is 60.2 Å². The third-order valence-corrected chi connectivity index (χ3v) is 7.16. The van der Waals surface area contributed by atoms with Crippen LogP contribution in [-0.2, 0) is 4.79 Å². The third kappa shape index (κ3) is 4.24. The van der Waals surface area contributed by atoms with Gasteiger partial charge >= 0.3 is 0 Å². The van der Waals surface area contributed by atoms with Crippen LogP contribution < -0.4 is 10.2 Å². The molecule has 2 amide bonds. The van der Waals surface area contributed by atoms with Gasteiger partial charge in [0.25, 0.3) is 5.91 Å². The van der Waals surface area contributed by atoms with Crippen molar-refractivity contribution in [1.82, 2.24) is 0 Å². The highest BCUT2D eigenvalue weighted by atomic mass is 32.2. The Bertz CT molecular complexity index is 1360. The molecule has 5 heteroatoms. The average molecular weight is 453 g/mol. The minimum Gasteiger partial charge on any atom is -0.322 e. The van der Waals surface area contributed by atoms with Gasteiger partial charge in [0, 0.05) is 16.9 Å². The molecule has 1 fully saturated rings. The molecule has 1 aliphatic heterocycles. The monoisotopic (exact) mass is 452 g/mol. The number of fused-ring (bicyclic) bond motifs is 1. The summed E-state index contributed by atoms with van der Waals surface area (Å²) in [6, 6.07) is 27.7. The SMILES string of the molecule is Cc1ccc(N2C(=O)CSC2c2ccc(NC(=O)c3ccc4ccccc4c3)cc2)c(C)c1. The summed E-state index contributed by atoms with van der Waals surface area (Å²) in [7, 11) is 0. The second kappa shape index (κ2) is 8.75. The molecule has 164 valence electrons. The summed E-state index contributed by atoms with van der Waals surface area (Å²) in [5.41, 5.74) is 5.61. The maximum atomic E-state index is 12.8. The van der Waals surface area contributed by atoms with Gasteiger partial charge < -0.3 is 5.32 Å². The number of carbonyl (C=O) groups excluding carboxylic acids is 2. The van der Waals surface area contributed by atoms with Gasteiger partial charge in [0.15, 0.2) is 0 Å². The Labute approximate surface area is 197 Å². The first-order valence-corrected chi connectivity index (χ1v) is 12.0. The largest absolute Gasteiger partial charge is 0.322 e. The molecule has 0 radical (unpaired) electrons. The summed E-state index contributed by atoms with van der Waals surface area (Å²) in [5, 5.41) is 5.05. The van der Waals surface area contributed by atoms with E-state index < -0.39 is 0 Å². The molecule has 1 N–H and O–H groups in total. The molecule has 0 aromatic heterocycles. The average Bonchev–Trinajstić information content (AvgIpc) is 3.20. The van der Waals surface area contributed by atoms with Crippen molar-refractivity contribution in [2.75, 3.05) is 16.0 Å². The van der Waals surface area contributed by atoms with Gasteiger partial charge in [-0.05, 0) is 66.1 Å². The molecule has 0 bridgehead atoms. The van der Waals surface area contributed by atoms with E-state index in [4.69, 9.17) is 0 Å². The number of nitrogens with one attached hydrogen (secondary N) is 1. The van der Waals surface area contributed by atoms with Crippen LogP contribution >= 0.6 is 11.8 Å². The Balaban J connectivity index is 1.35. The van der Waals surface area contributed by atoms with Crippen molar-refractivity contribution in [3.8, 4) is 0 Å². The van der Waals surface area contributed by atoms with E-state index in [-0.39, 0.29) is 17.2 Å². The number of nitrogens with zero attached hydrogens (tertiary/aromatic N) is 1. The molecule has 1 unspecified atom stereocenters. The molecule has 1 saturated heterocycles. The number of carbonyl (C=O) groups is 2. The van der Waals surface area contributed by atoms with E-state index in [1.54, 1.807) is 11.8 Å². The lowest BCUT2D eigenvalue weighted by Gasteiger charge is -2.26. The van der Waals surface area contributed by atoms with E-state index in [2.05, 4.69) is 18.3 Å². The Morgan fingerprint density at radius 3 is 2.42 bits per heavy atom. The first-order valence-electron chi connectivity index (χ1n) is 10.9. The highest BCUT2D eigenvalue weighted by molar-refractivity contribution is 8.00. The number of hydrogen-bond donors (Lipinski definition) is 1. The van der Waals surface area contributed by atoms with Gasteiger partial charge in [-0.25, -0.2) is 0 Å². The van der Waals surface area contributed by atoms with Gasteiger partial charge in [0.2, 0.25) is 5.91 Å². The van der Waals surface area contributed by atoms with Gasteiger partial charge in [0.05, 0.1) is 5.75 Å². The van der Waals surface area contributed by atoms with E-state index >= 15 is 0 Å². The van der Waals surface area contributed by atoms with Crippen molar-refractivity contribution in [3.05, 3.63) is 107 Å². The maximum Gasteiger partial charge on any atom is 0.255 e. The molecule has 1 aliphatic rings. The second-order valence-corrected chi connectivity index (χ2v) is 9.42. The molecule has 5 rings (SSSR count). The Hall–Kier alpha value is -3.57. The van der Waals surface area contributed by atoms with Gasteiger partial charge in [0.1, 0.15) is 5.37 Å². The molecule has 4 aromatic carbocycles. The van der Waals surface area contributed by atoms with Crippen LogP contribution in [0.25, 0.3) is 10.8 Å². The zero-order chi connectivity index (χ0) is 22.9. The summed E-state index contributed by atoms with van der Waals surface area (Å²) < 4.78 is 0. The van der Waals surface area contributed by atoms with Crippen molar-refractivity contribution in [2.45, 2.75) is 19.2 Å². The summed E-state index contributed by atoms with van der Waals surface area (Å²) in [4.78, 5) is 27.4. The molecule has 1 heterocycles. The quantitative estimate of drug-likeness (QED) is 0.385. The molecular weight excluding hydrogens is 428 g/mol. The highest BCUT2D eigenvalue weighted by Gasteiger charge is 2.34. The van der Waals surface area contributed by atoms with Crippen LogP contribution in [0, 0.1) is 13.8 Å². The fraction of sp³-hybridized carbons (Fsp3) is 0.143. The molecule has 4 nitrogen and oxygen atoms in total. The van der Waals surface area contributed by atoms with E-state index in [0.717, 1.165) is 33.3 Å². The fourth-order valence-electron chi connectivity index (χ4n) is 4.27. The van der Waals surface area contributed by atoms with Crippen LogP contribution in [0.1, 0.15) is 32.4 Å². The van der Waals surface area contributed by atoms with Gasteiger partial charge in [-0.3, -0.25) is 14.5 Å². The van der Waals surface area contributed by atoms with Crippen molar-refractivity contribution in [2.24, 2.45) is 0 Å². The fourth-order valence-corrected chi connectivity index (χ4v) is 5.44. The van der Waals surface area contributed by atoms with Gasteiger partial charge in [-0.15, -0.1) is 11.8 Å². The zero-order valence-electron chi connectivity index (χ0n) is 18.5. The van der Waals surface area contributed by atoms with Crippen LogP contribution in [0.15, 0.2) is 84.9 Å². The summed E-state index contributed by atoms with van der Waals surface area (Å²) in [6.45, 7) is 4.10. The van der Waals surface area contributed by atoms with E-state index in [9.17, 15) is 9.59 Å². The first kappa shape index (κ1) is 21.3. The van der Waals surface area contributed by atoms with Crippen LogP contribution in [0.2, 0.25) is 0 Å². The predicted molar refractivity (Wildman–Crippen MR) is 137 cm³/mol. The number of rotatable bonds is 4. The Morgan fingerprint density at radius 2 is 1.67 bits per heavy atom. The number of aryl methyl sites for hydroxylation is 2. The summed E-state index contributed by atoms with van der Waals surface area (Å²) in [6.07, 6.45) is 0. The maximum absolute atomic E-state index is 12.8. The van der Waals surface area contributed by atoms with E-state index in [1.165, 1.54) is 5.56 Å². The Morgan fingerprint density at radius 1 is 0.909 bits per heavy atom. The van der Waals surface area contributed by atoms with Crippen LogP contribution in [0.3, 0.4) is 0 Å². The molecular formula is C28H24N2O2S. The Kier molecular flexibility index (Phi) is 5.65. The summed E-state index contributed by atoms with van der Waals surface area (Å²) >= 11 is 1.63. The molecule has 4 aromatic rings. The van der Waals surface area contributed by atoms with Crippen molar-refractivity contribution in [1.29, 1.82) is 0 Å². The van der Waals surface area contributed by atoms with E-state index in [1.807, 2.05) is 90.7 Å². The standard InChI is InChI=1S/C28H24N2O2S/c1-18-7-14-25(19(2)15-18)30-26(31)17-33-28(30)21-10-12-24(13-11-21)29-27(32)23-9-8-20-5-3-4-6-22(20)16-23/h3-16,28H,17H2,1-2H3,(H,29,32). The summed E-state index contributed by atoms with van der Waals surface area (Å²) in [5.74, 6) is 0.430. The minimum absolute atomic E-state index is 0.0795. The topological polar surface area (TPSA) is 49.4 Å². The lowest BCUT2D eigenvalue weighted by Crippen LogP contribution is -2.28. The highest BCUT2D eigenvalue weighted by Crippen LogP contribution is 2.43.